The lowest BCUT2D eigenvalue weighted by molar-refractivity contribution is -0.141. The lowest BCUT2D eigenvalue weighted by Crippen LogP contribution is -2.58. The van der Waals surface area contributed by atoms with Crippen molar-refractivity contribution in [1.29, 1.82) is 0 Å². The van der Waals surface area contributed by atoms with Gasteiger partial charge in [-0.3, -0.25) is 19.1 Å². The minimum atomic E-state index is -3.92. The van der Waals surface area contributed by atoms with Crippen LogP contribution < -0.4 is 20.1 Å². The van der Waals surface area contributed by atoms with E-state index in [0.717, 1.165) is 0 Å². The summed E-state index contributed by atoms with van der Waals surface area (Å²) in [6, 6.07) is 3.89. The number of alkyl carbamates (subject to hydrolysis) is 1. The Balaban J connectivity index is 1.42. The Labute approximate surface area is 285 Å². The van der Waals surface area contributed by atoms with Gasteiger partial charge in [0.2, 0.25) is 21.8 Å². The Bertz CT molecular complexity index is 1590. The van der Waals surface area contributed by atoms with Gasteiger partial charge < -0.3 is 34.5 Å². The van der Waals surface area contributed by atoms with Crippen LogP contribution in [-0.4, -0.2) is 105 Å². The molecule has 2 aliphatic carbocycles. The van der Waals surface area contributed by atoms with Crippen LogP contribution in [0.1, 0.15) is 69.7 Å². The van der Waals surface area contributed by atoms with Gasteiger partial charge >= 0.3 is 12.1 Å². The maximum atomic E-state index is 14.2. The van der Waals surface area contributed by atoms with E-state index in [9.17, 15) is 32.4 Å². The molecule has 15 nitrogen and oxygen atoms in total. The van der Waals surface area contributed by atoms with Crippen molar-refractivity contribution in [2.45, 2.75) is 93.9 Å². The first-order valence-corrected chi connectivity index (χ1v) is 17.9. The van der Waals surface area contributed by atoms with E-state index >= 15 is 0 Å². The van der Waals surface area contributed by atoms with E-state index in [1.807, 2.05) is 0 Å². The highest BCUT2D eigenvalue weighted by Crippen LogP contribution is 2.46. The molecule has 2 saturated carbocycles. The molecule has 268 valence electrons. The normalized spacial score (nSPS) is 28.4. The molecule has 0 radical (unpaired) electrons. The topological polar surface area (TPSA) is 196 Å². The fourth-order valence-corrected chi connectivity index (χ4v) is 7.32. The molecule has 1 aromatic rings. The number of hydrogen-bond donors (Lipinski definition) is 3. The second-order valence-electron chi connectivity index (χ2n) is 13.8. The van der Waals surface area contributed by atoms with Crippen LogP contribution in [0.2, 0.25) is 0 Å². The van der Waals surface area contributed by atoms with Gasteiger partial charge in [-0.15, -0.1) is 0 Å². The third-order valence-corrected chi connectivity index (χ3v) is 10.6. The van der Waals surface area contributed by atoms with Crippen LogP contribution in [0.4, 0.5) is 4.79 Å². The number of benzene rings is 1. The molecule has 49 heavy (non-hydrogen) atoms. The van der Waals surface area contributed by atoms with Gasteiger partial charge in [-0.2, -0.15) is 0 Å². The number of rotatable bonds is 7. The number of hydrogen-bond acceptors (Lipinski definition) is 11. The van der Waals surface area contributed by atoms with E-state index in [4.69, 9.17) is 18.9 Å². The average molecular weight is 705 g/mol. The first kappa shape index (κ1) is 36.1. The second kappa shape index (κ2) is 14.4. The number of esters is 1. The fraction of sp³-hybridized carbons (Fsp3) is 0.606. The second-order valence-corrected chi connectivity index (χ2v) is 15.7. The van der Waals surface area contributed by atoms with Gasteiger partial charge in [0.15, 0.2) is 0 Å². The summed E-state index contributed by atoms with van der Waals surface area (Å²) in [6.07, 6.45) is 3.06. The number of nitrogens with one attached hydrogen (secondary N) is 3. The van der Waals surface area contributed by atoms with Crippen LogP contribution in [0.15, 0.2) is 36.4 Å². The molecule has 4 amide bonds. The van der Waals surface area contributed by atoms with Gasteiger partial charge in [0.25, 0.3) is 5.91 Å². The van der Waals surface area contributed by atoms with Gasteiger partial charge in [0.05, 0.1) is 31.1 Å². The SMILES string of the molecule is COc1ccc(C(=O)OC2CC3C(=O)NC4(C(=O)NS(=O)(=O)C5CC5)CC4/C=C\COCCCC(NC(=O)OC(C)(C)C)C(=O)N3C2)cc1. The highest BCUT2D eigenvalue weighted by molar-refractivity contribution is 7.91. The van der Waals surface area contributed by atoms with E-state index in [1.165, 1.54) is 24.1 Å². The summed E-state index contributed by atoms with van der Waals surface area (Å²) in [5, 5.41) is 4.70. The Kier molecular flexibility index (Phi) is 10.6. The van der Waals surface area contributed by atoms with Crippen molar-refractivity contribution in [2.75, 3.05) is 26.9 Å². The summed E-state index contributed by atoms with van der Waals surface area (Å²) in [5.41, 5.74) is -2.20. The molecule has 4 aliphatic rings. The van der Waals surface area contributed by atoms with Crippen molar-refractivity contribution in [1.82, 2.24) is 20.3 Å². The van der Waals surface area contributed by atoms with E-state index < -0.39 is 80.3 Å². The molecule has 5 rings (SSSR count). The zero-order chi connectivity index (χ0) is 35.6. The number of nitrogens with zero attached hydrogens (tertiary/aromatic N) is 1. The van der Waals surface area contributed by atoms with Crippen molar-refractivity contribution >= 4 is 39.8 Å². The molecule has 3 N–H and O–H groups in total. The van der Waals surface area contributed by atoms with Gasteiger partial charge in [-0.25, -0.2) is 18.0 Å². The van der Waals surface area contributed by atoms with E-state index in [0.29, 0.717) is 25.0 Å². The van der Waals surface area contributed by atoms with Gasteiger partial charge in [0, 0.05) is 18.9 Å². The number of fused-ring (bicyclic) bond motifs is 2. The summed E-state index contributed by atoms with van der Waals surface area (Å²) >= 11 is 0. The van der Waals surface area contributed by atoms with Crippen molar-refractivity contribution in [2.24, 2.45) is 5.92 Å². The molecule has 2 aliphatic heterocycles. The maximum Gasteiger partial charge on any atom is 0.408 e. The van der Waals surface area contributed by atoms with Crippen LogP contribution in [0.5, 0.6) is 5.75 Å². The lowest BCUT2D eigenvalue weighted by Gasteiger charge is -2.30. The molecule has 0 bridgehead atoms. The Hall–Kier alpha value is -4.18. The van der Waals surface area contributed by atoms with Crippen molar-refractivity contribution in [3.63, 3.8) is 0 Å². The molecule has 0 aromatic heterocycles. The summed E-state index contributed by atoms with van der Waals surface area (Å²) in [7, 11) is -2.43. The van der Waals surface area contributed by atoms with Crippen LogP contribution in [0, 0.1) is 5.92 Å². The molecule has 3 fully saturated rings. The van der Waals surface area contributed by atoms with E-state index in [-0.39, 0.29) is 44.6 Å². The quantitative estimate of drug-likeness (QED) is 0.275. The first-order valence-electron chi connectivity index (χ1n) is 16.4. The molecular formula is C33H44N4O11S. The fourth-order valence-electron chi connectivity index (χ4n) is 5.96. The molecular weight excluding hydrogens is 660 g/mol. The highest BCUT2D eigenvalue weighted by Gasteiger charge is 2.62. The predicted octanol–water partition coefficient (Wildman–Crippen LogP) is 1.56. The van der Waals surface area contributed by atoms with Crippen LogP contribution in [0.25, 0.3) is 0 Å². The van der Waals surface area contributed by atoms with Crippen LogP contribution in [0.3, 0.4) is 0 Å². The number of amides is 4. The average Bonchev–Trinajstić information content (AvgIpc) is 3.95. The minimum absolute atomic E-state index is 0.111. The Morgan fingerprint density at radius 2 is 1.80 bits per heavy atom. The number of carbonyl (C=O) groups is 5. The first-order chi connectivity index (χ1) is 23.1. The molecule has 16 heteroatoms. The summed E-state index contributed by atoms with van der Waals surface area (Å²) in [6.45, 7) is 5.28. The molecule has 1 aromatic carbocycles. The molecule has 0 spiro atoms. The van der Waals surface area contributed by atoms with E-state index in [1.54, 1.807) is 45.1 Å². The van der Waals surface area contributed by atoms with Crippen LogP contribution >= 0.6 is 0 Å². The van der Waals surface area contributed by atoms with Gasteiger partial charge in [-0.05, 0) is 77.1 Å². The summed E-state index contributed by atoms with van der Waals surface area (Å²) in [5.74, 6) is -2.89. The third-order valence-electron chi connectivity index (χ3n) is 8.77. The van der Waals surface area contributed by atoms with Gasteiger partial charge in [0.1, 0.15) is 35.1 Å². The lowest BCUT2D eigenvalue weighted by atomic mass is 10.1. The standard InChI is InChI=1S/C33H44N4O11S/c1-32(2,3)48-31(42)34-25-8-6-16-46-15-5-7-21-18-33(21,30(41)36-49(43,44)24-13-14-24)35-27(38)26-17-23(19-37(26)28(25)39)47-29(40)20-9-11-22(45-4)12-10-20/h5,7,9-12,21,23-26H,6,8,13-19H2,1-4H3,(H,34,42)(H,35,38)(H,36,41)/b7-5-. The number of carbonyl (C=O) groups excluding carboxylic acids is 5. The maximum absolute atomic E-state index is 14.2. The Morgan fingerprint density at radius 1 is 1.08 bits per heavy atom. The molecule has 1 saturated heterocycles. The van der Waals surface area contributed by atoms with Crippen molar-refractivity contribution in [3.8, 4) is 5.75 Å². The van der Waals surface area contributed by atoms with Crippen molar-refractivity contribution in [3.05, 3.63) is 42.0 Å². The predicted molar refractivity (Wildman–Crippen MR) is 174 cm³/mol. The smallest absolute Gasteiger partial charge is 0.408 e. The van der Waals surface area contributed by atoms with Gasteiger partial charge in [-0.1, -0.05) is 12.2 Å². The molecule has 5 unspecified atom stereocenters. The minimum Gasteiger partial charge on any atom is -0.497 e. The van der Waals surface area contributed by atoms with E-state index in [2.05, 4.69) is 15.4 Å². The Morgan fingerprint density at radius 3 is 2.45 bits per heavy atom. The number of ether oxygens (including phenoxy) is 4. The zero-order valence-corrected chi connectivity index (χ0v) is 28.9. The monoisotopic (exact) mass is 704 g/mol. The molecule has 2 heterocycles. The third kappa shape index (κ3) is 8.90. The summed E-state index contributed by atoms with van der Waals surface area (Å²) < 4.78 is 49.5. The molecule has 5 atom stereocenters. The highest BCUT2D eigenvalue weighted by atomic mass is 32.2. The largest absolute Gasteiger partial charge is 0.497 e. The summed E-state index contributed by atoms with van der Waals surface area (Å²) in [4.78, 5) is 68.9. The van der Waals surface area contributed by atoms with Crippen molar-refractivity contribution < 1.29 is 51.3 Å². The van der Waals surface area contributed by atoms with Crippen LogP contribution in [-0.2, 0) is 38.6 Å². The number of methoxy groups -OCH3 is 1. The zero-order valence-electron chi connectivity index (χ0n) is 28.1. The number of sulfonamides is 1.